The van der Waals surface area contributed by atoms with E-state index in [9.17, 15) is 4.79 Å². The Kier molecular flexibility index (Phi) is 4.61. The topological polar surface area (TPSA) is 41.1 Å². The summed E-state index contributed by atoms with van der Waals surface area (Å²) >= 11 is 5.63. The van der Waals surface area contributed by atoms with Crippen LogP contribution in [0.4, 0.5) is 0 Å². The average Bonchev–Trinajstić information content (AvgIpc) is 2.64. The molecule has 1 unspecified atom stereocenters. The fourth-order valence-electron chi connectivity index (χ4n) is 2.11. The maximum absolute atomic E-state index is 12.0. The zero-order chi connectivity index (χ0) is 11.3. The van der Waals surface area contributed by atoms with Crippen molar-refractivity contribution in [3.63, 3.8) is 0 Å². The Morgan fingerprint density at radius 2 is 2.40 bits per heavy atom. The number of hydrogen-bond acceptors (Lipinski definition) is 2. The molecule has 0 bridgehead atoms. The van der Waals surface area contributed by atoms with Crippen LogP contribution in [0.3, 0.4) is 0 Å². The second-order valence-electron chi connectivity index (χ2n) is 4.16. The minimum Gasteiger partial charge on any atom is -0.351 e. The second kappa shape index (κ2) is 5.52. The Morgan fingerprint density at radius 3 is 2.87 bits per heavy atom. The molecule has 1 amide bonds. The van der Waals surface area contributed by atoms with Gasteiger partial charge in [-0.15, -0.1) is 0 Å². The van der Waals surface area contributed by atoms with Crippen LogP contribution in [0.2, 0.25) is 0 Å². The maximum Gasteiger partial charge on any atom is 0.227 e. The number of nitrogens with one attached hydrogen (secondary N) is 2. The third-order valence-electron chi connectivity index (χ3n) is 2.89. The molecule has 1 heterocycles. The molecule has 86 valence electrons. The first-order valence-corrected chi connectivity index (χ1v) is 5.81. The van der Waals surface area contributed by atoms with Crippen LogP contribution in [0.5, 0.6) is 0 Å². The monoisotopic (exact) mass is 230 g/mol. The number of carbonyl (C=O) groups excluding carboxylic acids is 1. The van der Waals surface area contributed by atoms with Gasteiger partial charge in [-0.1, -0.05) is 31.5 Å². The highest BCUT2D eigenvalue weighted by atomic mass is 35.5. The number of rotatable bonds is 5. The molecular weight excluding hydrogens is 212 g/mol. The highest BCUT2D eigenvalue weighted by Crippen LogP contribution is 2.31. The minimum absolute atomic E-state index is 0.108. The largest absolute Gasteiger partial charge is 0.351 e. The summed E-state index contributed by atoms with van der Waals surface area (Å²) in [6.07, 6.45) is 2.87. The summed E-state index contributed by atoms with van der Waals surface area (Å²) in [5.74, 6) is 0.108. The molecule has 15 heavy (non-hydrogen) atoms. The van der Waals surface area contributed by atoms with E-state index in [1.165, 1.54) is 0 Å². The zero-order valence-corrected chi connectivity index (χ0v) is 9.99. The molecule has 1 rings (SSSR count). The number of carbonyl (C=O) groups is 1. The van der Waals surface area contributed by atoms with Crippen molar-refractivity contribution in [2.75, 3.05) is 19.6 Å². The van der Waals surface area contributed by atoms with Crippen molar-refractivity contribution in [3.05, 3.63) is 11.6 Å². The van der Waals surface area contributed by atoms with Crippen molar-refractivity contribution in [1.82, 2.24) is 10.6 Å². The van der Waals surface area contributed by atoms with Crippen molar-refractivity contribution in [3.8, 4) is 0 Å². The van der Waals surface area contributed by atoms with Crippen LogP contribution >= 0.6 is 11.6 Å². The molecule has 1 saturated heterocycles. The Morgan fingerprint density at radius 1 is 1.67 bits per heavy atom. The van der Waals surface area contributed by atoms with Crippen molar-refractivity contribution < 1.29 is 4.79 Å². The third kappa shape index (κ3) is 3.21. The smallest absolute Gasteiger partial charge is 0.227 e. The molecule has 1 fully saturated rings. The summed E-state index contributed by atoms with van der Waals surface area (Å²) < 4.78 is 0. The van der Waals surface area contributed by atoms with Gasteiger partial charge in [0.25, 0.3) is 0 Å². The van der Waals surface area contributed by atoms with Gasteiger partial charge in [-0.3, -0.25) is 4.79 Å². The molecule has 0 spiro atoms. The molecule has 1 aliphatic rings. The van der Waals surface area contributed by atoms with E-state index in [0.29, 0.717) is 11.6 Å². The van der Waals surface area contributed by atoms with Gasteiger partial charge in [0, 0.05) is 11.6 Å². The summed E-state index contributed by atoms with van der Waals surface area (Å²) in [5, 5.41) is 6.56. The molecule has 0 saturated carbocycles. The van der Waals surface area contributed by atoms with Crippen LogP contribution < -0.4 is 10.6 Å². The van der Waals surface area contributed by atoms with Crippen LogP contribution in [0.1, 0.15) is 26.2 Å². The molecule has 3 nitrogen and oxygen atoms in total. The van der Waals surface area contributed by atoms with Crippen molar-refractivity contribution in [2.45, 2.75) is 26.2 Å². The van der Waals surface area contributed by atoms with E-state index in [1.54, 1.807) is 0 Å². The Hall–Kier alpha value is -0.540. The van der Waals surface area contributed by atoms with E-state index >= 15 is 0 Å². The van der Waals surface area contributed by atoms with Gasteiger partial charge in [-0.25, -0.2) is 0 Å². The molecule has 0 aromatic rings. The van der Waals surface area contributed by atoms with Gasteiger partial charge >= 0.3 is 0 Å². The lowest BCUT2D eigenvalue weighted by molar-refractivity contribution is -0.130. The number of halogens is 1. The molecule has 1 aliphatic heterocycles. The lowest BCUT2D eigenvalue weighted by Gasteiger charge is -2.26. The van der Waals surface area contributed by atoms with E-state index in [2.05, 4.69) is 24.1 Å². The van der Waals surface area contributed by atoms with Crippen LogP contribution in [0, 0.1) is 5.41 Å². The molecule has 0 aliphatic carbocycles. The quantitative estimate of drug-likeness (QED) is 0.754. The fourth-order valence-corrected chi connectivity index (χ4v) is 2.17. The Balaban J connectivity index is 2.55. The summed E-state index contributed by atoms with van der Waals surface area (Å²) in [4.78, 5) is 12.0. The van der Waals surface area contributed by atoms with Crippen LogP contribution in [-0.2, 0) is 4.79 Å². The standard InChI is InChI=1S/C11H19ClN2O/c1-3-4-11(5-6-13-8-11)10(15)14-7-9(2)12/h13H,2-8H2,1H3,(H,14,15). The van der Waals surface area contributed by atoms with Crippen molar-refractivity contribution in [1.29, 1.82) is 0 Å². The fraction of sp³-hybridized carbons (Fsp3) is 0.727. The molecule has 4 heteroatoms. The van der Waals surface area contributed by atoms with Gasteiger partial charge in [-0.2, -0.15) is 0 Å². The highest BCUT2D eigenvalue weighted by molar-refractivity contribution is 6.29. The lowest BCUT2D eigenvalue weighted by atomic mass is 9.81. The average molecular weight is 231 g/mol. The zero-order valence-electron chi connectivity index (χ0n) is 9.24. The normalized spacial score (nSPS) is 25.2. The van der Waals surface area contributed by atoms with Gasteiger partial charge in [0.1, 0.15) is 0 Å². The van der Waals surface area contributed by atoms with Gasteiger partial charge in [0.15, 0.2) is 0 Å². The molecular formula is C11H19ClN2O. The van der Waals surface area contributed by atoms with E-state index in [-0.39, 0.29) is 11.3 Å². The van der Waals surface area contributed by atoms with Gasteiger partial charge in [0.05, 0.1) is 12.0 Å². The first kappa shape index (κ1) is 12.5. The van der Waals surface area contributed by atoms with Crippen molar-refractivity contribution in [2.24, 2.45) is 5.41 Å². The van der Waals surface area contributed by atoms with Crippen LogP contribution in [0.15, 0.2) is 11.6 Å². The molecule has 0 aromatic carbocycles. The highest BCUT2D eigenvalue weighted by Gasteiger charge is 2.39. The number of amides is 1. The first-order valence-electron chi connectivity index (χ1n) is 5.43. The second-order valence-corrected chi connectivity index (χ2v) is 4.69. The van der Waals surface area contributed by atoms with E-state index in [1.807, 2.05) is 0 Å². The van der Waals surface area contributed by atoms with Gasteiger partial charge in [-0.05, 0) is 19.4 Å². The SMILES string of the molecule is C=C(Cl)CNC(=O)C1(CCC)CCNC1. The van der Waals surface area contributed by atoms with Gasteiger partial charge < -0.3 is 10.6 Å². The van der Waals surface area contributed by atoms with Crippen LogP contribution in [-0.4, -0.2) is 25.5 Å². The molecule has 1 atom stereocenters. The van der Waals surface area contributed by atoms with E-state index in [4.69, 9.17) is 11.6 Å². The maximum atomic E-state index is 12.0. The Labute approximate surface area is 96.3 Å². The predicted octanol–water partition coefficient (Wildman–Crippen LogP) is 1.63. The summed E-state index contributed by atoms with van der Waals surface area (Å²) in [6.45, 7) is 7.73. The Bertz CT molecular complexity index is 247. The summed E-state index contributed by atoms with van der Waals surface area (Å²) in [7, 11) is 0. The first-order chi connectivity index (χ1) is 7.10. The van der Waals surface area contributed by atoms with E-state index in [0.717, 1.165) is 32.4 Å². The minimum atomic E-state index is -0.221. The molecule has 0 radical (unpaired) electrons. The lowest BCUT2D eigenvalue weighted by Crippen LogP contribution is -2.42. The molecule has 2 N–H and O–H groups in total. The summed E-state index contributed by atoms with van der Waals surface area (Å²) in [6, 6.07) is 0. The van der Waals surface area contributed by atoms with Crippen molar-refractivity contribution >= 4 is 17.5 Å². The molecule has 0 aromatic heterocycles. The summed E-state index contributed by atoms with van der Waals surface area (Å²) in [5.41, 5.74) is -0.221. The van der Waals surface area contributed by atoms with E-state index < -0.39 is 0 Å². The van der Waals surface area contributed by atoms with Crippen LogP contribution in [0.25, 0.3) is 0 Å². The number of hydrogen-bond donors (Lipinski definition) is 2. The predicted molar refractivity (Wildman–Crippen MR) is 62.8 cm³/mol. The third-order valence-corrected chi connectivity index (χ3v) is 3.03. The van der Waals surface area contributed by atoms with Gasteiger partial charge in [0.2, 0.25) is 5.91 Å².